The molecular formula is C35H38BrN3O4S. The summed E-state index contributed by atoms with van der Waals surface area (Å²) in [5.74, 6) is -0.776. The summed E-state index contributed by atoms with van der Waals surface area (Å²) in [4.78, 5) is 29.8. The minimum absolute atomic E-state index is 0.0719. The van der Waals surface area contributed by atoms with Gasteiger partial charge in [-0.15, -0.1) is 0 Å². The van der Waals surface area contributed by atoms with Crippen LogP contribution in [0.4, 0.5) is 5.69 Å². The summed E-state index contributed by atoms with van der Waals surface area (Å²) < 4.78 is 30.0. The molecule has 44 heavy (non-hydrogen) atoms. The monoisotopic (exact) mass is 675 g/mol. The summed E-state index contributed by atoms with van der Waals surface area (Å²) in [6.07, 6.45) is 1.01. The van der Waals surface area contributed by atoms with E-state index in [1.807, 2.05) is 75.4 Å². The Morgan fingerprint density at radius 2 is 1.50 bits per heavy atom. The zero-order chi connectivity index (χ0) is 31.7. The zero-order valence-electron chi connectivity index (χ0n) is 25.2. The van der Waals surface area contributed by atoms with Crippen LogP contribution in [0.2, 0.25) is 0 Å². The number of amides is 2. The summed E-state index contributed by atoms with van der Waals surface area (Å²) in [6.45, 7) is 5.91. The highest BCUT2D eigenvalue weighted by Gasteiger charge is 2.34. The Hall–Kier alpha value is -3.95. The third kappa shape index (κ3) is 8.57. The number of nitrogens with one attached hydrogen (secondary N) is 1. The molecule has 0 bridgehead atoms. The van der Waals surface area contributed by atoms with Crippen LogP contribution in [0.1, 0.15) is 35.6 Å². The van der Waals surface area contributed by atoms with Gasteiger partial charge in [-0.1, -0.05) is 107 Å². The number of anilines is 1. The molecule has 0 fully saturated rings. The van der Waals surface area contributed by atoms with Gasteiger partial charge in [0.2, 0.25) is 11.8 Å². The van der Waals surface area contributed by atoms with Crippen LogP contribution in [-0.4, -0.2) is 44.3 Å². The second kappa shape index (κ2) is 15.2. The SMILES string of the molecule is CCCNC(=O)[C@@H](Cc1ccccc1)N(Cc1cccc(C)c1)C(=O)CN(c1cccc(Br)c1)S(=O)(=O)c1ccc(C)cc1. The molecule has 0 aliphatic heterocycles. The molecule has 0 saturated heterocycles. The van der Waals surface area contributed by atoms with Crippen molar-refractivity contribution >= 4 is 43.5 Å². The van der Waals surface area contributed by atoms with Crippen molar-refractivity contribution in [3.8, 4) is 0 Å². The highest BCUT2D eigenvalue weighted by atomic mass is 79.9. The van der Waals surface area contributed by atoms with Crippen LogP contribution in [-0.2, 0) is 32.6 Å². The van der Waals surface area contributed by atoms with E-state index < -0.39 is 28.5 Å². The minimum atomic E-state index is -4.15. The molecule has 1 atom stereocenters. The molecule has 0 heterocycles. The van der Waals surface area contributed by atoms with Gasteiger partial charge in [0.25, 0.3) is 10.0 Å². The van der Waals surface area contributed by atoms with E-state index in [9.17, 15) is 18.0 Å². The van der Waals surface area contributed by atoms with E-state index in [4.69, 9.17) is 0 Å². The van der Waals surface area contributed by atoms with Gasteiger partial charge >= 0.3 is 0 Å². The van der Waals surface area contributed by atoms with Crippen molar-refractivity contribution in [1.82, 2.24) is 10.2 Å². The van der Waals surface area contributed by atoms with Gasteiger partial charge < -0.3 is 10.2 Å². The van der Waals surface area contributed by atoms with Crippen LogP contribution >= 0.6 is 15.9 Å². The number of carbonyl (C=O) groups excluding carboxylic acids is 2. The molecule has 7 nitrogen and oxygen atoms in total. The molecule has 0 aliphatic carbocycles. The van der Waals surface area contributed by atoms with Crippen molar-refractivity contribution < 1.29 is 18.0 Å². The number of hydrogen-bond acceptors (Lipinski definition) is 4. The first-order chi connectivity index (χ1) is 21.1. The summed E-state index contributed by atoms with van der Waals surface area (Å²) in [5, 5.41) is 2.97. The number of carbonyl (C=O) groups is 2. The highest BCUT2D eigenvalue weighted by molar-refractivity contribution is 9.10. The fraction of sp³-hybridized carbons (Fsp3) is 0.257. The Bertz CT molecular complexity index is 1680. The maximum absolute atomic E-state index is 14.5. The second-order valence-corrected chi connectivity index (χ2v) is 13.6. The van der Waals surface area contributed by atoms with E-state index in [1.54, 1.807) is 48.5 Å². The smallest absolute Gasteiger partial charge is 0.264 e. The number of aryl methyl sites for hydroxylation is 2. The Balaban J connectivity index is 1.80. The lowest BCUT2D eigenvalue weighted by Gasteiger charge is -2.34. The minimum Gasteiger partial charge on any atom is -0.354 e. The molecule has 9 heteroatoms. The van der Waals surface area contributed by atoms with Crippen molar-refractivity contribution in [3.63, 3.8) is 0 Å². The van der Waals surface area contributed by atoms with E-state index >= 15 is 0 Å². The van der Waals surface area contributed by atoms with Gasteiger partial charge in [0.15, 0.2) is 0 Å². The molecule has 4 aromatic carbocycles. The maximum atomic E-state index is 14.5. The van der Waals surface area contributed by atoms with Crippen LogP contribution < -0.4 is 9.62 Å². The quantitative estimate of drug-likeness (QED) is 0.177. The second-order valence-electron chi connectivity index (χ2n) is 10.8. The first-order valence-electron chi connectivity index (χ1n) is 14.6. The highest BCUT2D eigenvalue weighted by Crippen LogP contribution is 2.27. The van der Waals surface area contributed by atoms with Gasteiger partial charge in [0.05, 0.1) is 10.6 Å². The third-order valence-electron chi connectivity index (χ3n) is 7.24. The molecule has 2 amide bonds. The fourth-order valence-corrected chi connectivity index (χ4v) is 6.72. The molecule has 0 saturated carbocycles. The van der Waals surface area contributed by atoms with Crippen LogP contribution in [0, 0.1) is 13.8 Å². The molecule has 0 radical (unpaired) electrons. The lowest BCUT2D eigenvalue weighted by atomic mass is 10.0. The molecule has 0 unspecified atom stereocenters. The van der Waals surface area contributed by atoms with E-state index in [-0.39, 0.29) is 23.8 Å². The lowest BCUT2D eigenvalue weighted by Crippen LogP contribution is -2.53. The number of sulfonamides is 1. The predicted octanol–water partition coefficient (Wildman–Crippen LogP) is 6.43. The number of benzene rings is 4. The third-order valence-corrected chi connectivity index (χ3v) is 9.52. The topological polar surface area (TPSA) is 86.8 Å². The first kappa shape index (κ1) is 33.0. The first-order valence-corrected chi connectivity index (χ1v) is 16.8. The molecular weight excluding hydrogens is 638 g/mol. The van der Waals surface area contributed by atoms with Gasteiger partial charge in [-0.05, 0) is 61.7 Å². The van der Waals surface area contributed by atoms with Crippen molar-refractivity contribution in [2.45, 2.75) is 51.1 Å². The van der Waals surface area contributed by atoms with E-state index in [0.29, 0.717) is 16.7 Å². The number of hydrogen-bond donors (Lipinski definition) is 1. The summed E-state index contributed by atoms with van der Waals surface area (Å²) in [5.41, 5.74) is 4.00. The maximum Gasteiger partial charge on any atom is 0.264 e. The van der Waals surface area contributed by atoms with Crippen LogP contribution in [0.15, 0.2) is 112 Å². The molecule has 1 N–H and O–H groups in total. The predicted molar refractivity (Wildman–Crippen MR) is 179 cm³/mol. The molecule has 4 rings (SSSR count). The Morgan fingerprint density at radius 3 is 2.16 bits per heavy atom. The van der Waals surface area contributed by atoms with Crippen LogP contribution in [0.25, 0.3) is 0 Å². The molecule has 230 valence electrons. The molecule has 0 spiro atoms. The average Bonchev–Trinajstić information content (AvgIpc) is 3.01. The Morgan fingerprint density at radius 1 is 0.818 bits per heavy atom. The van der Waals surface area contributed by atoms with Crippen LogP contribution in [0.5, 0.6) is 0 Å². The summed E-state index contributed by atoms with van der Waals surface area (Å²) in [6, 6.07) is 29.8. The van der Waals surface area contributed by atoms with Gasteiger partial charge in [-0.25, -0.2) is 8.42 Å². The van der Waals surface area contributed by atoms with Gasteiger partial charge in [-0.2, -0.15) is 0 Å². The standard InChI is InChI=1S/C35H38BrN3O4S/c1-4-20-37-35(41)33(22-28-11-6-5-7-12-28)38(24-29-13-8-10-27(3)21-29)34(40)25-39(31-15-9-14-30(36)23-31)44(42,43)32-18-16-26(2)17-19-32/h5-19,21,23,33H,4,20,22,24-25H2,1-3H3,(H,37,41)/t33-/m1/s1. The Kier molecular flexibility index (Phi) is 11.4. The van der Waals surface area contributed by atoms with Crippen LogP contribution in [0.3, 0.4) is 0 Å². The molecule has 4 aromatic rings. The van der Waals surface area contributed by atoms with E-state index in [1.165, 1.54) is 4.90 Å². The van der Waals surface area contributed by atoms with Gasteiger partial charge in [-0.3, -0.25) is 13.9 Å². The van der Waals surface area contributed by atoms with Crippen molar-refractivity contribution in [1.29, 1.82) is 0 Å². The normalized spacial score (nSPS) is 11.9. The van der Waals surface area contributed by atoms with E-state index in [2.05, 4.69) is 21.2 Å². The Labute approximate surface area is 269 Å². The van der Waals surface area contributed by atoms with Crippen molar-refractivity contribution in [3.05, 3.63) is 130 Å². The van der Waals surface area contributed by atoms with Gasteiger partial charge in [0, 0.05) is 24.0 Å². The molecule has 0 aliphatic rings. The summed E-state index contributed by atoms with van der Waals surface area (Å²) in [7, 11) is -4.15. The zero-order valence-corrected chi connectivity index (χ0v) is 27.6. The van der Waals surface area contributed by atoms with Crippen molar-refractivity contribution in [2.24, 2.45) is 0 Å². The van der Waals surface area contributed by atoms with E-state index in [0.717, 1.165) is 33.0 Å². The summed E-state index contributed by atoms with van der Waals surface area (Å²) >= 11 is 3.44. The lowest BCUT2D eigenvalue weighted by molar-refractivity contribution is -0.140. The number of rotatable bonds is 13. The number of nitrogens with zero attached hydrogens (tertiary/aromatic N) is 2. The average molecular weight is 677 g/mol. The molecule has 0 aromatic heterocycles. The fourth-order valence-electron chi connectivity index (χ4n) is 4.92. The largest absolute Gasteiger partial charge is 0.354 e. The number of halogens is 1. The van der Waals surface area contributed by atoms with Gasteiger partial charge in [0.1, 0.15) is 12.6 Å². The van der Waals surface area contributed by atoms with Crippen molar-refractivity contribution in [2.75, 3.05) is 17.4 Å².